The van der Waals surface area contributed by atoms with Gasteiger partial charge in [0.1, 0.15) is 17.5 Å². The van der Waals surface area contributed by atoms with Gasteiger partial charge < -0.3 is 23.7 Å². The number of Topliss-reactive ketones (excluding diaryl/α,β-unsaturated/α-hetero) is 1. The number of rotatable bonds is 11. The molecule has 2 saturated carbocycles. The number of hydrogen-bond acceptors (Lipinski definition) is 7. The van der Waals surface area contributed by atoms with E-state index < -0.39 is 11.7 Å². The smallest absolute Gasteiger partial charge is 0.315 e. The summed E-state index contributed by atoms with van der Waals surface area (Å²) in [6, 6.07) is 6.42. The molecule has 1 aliphatic heterocycles. The Hall–Kier alpha value is -1.48. The molecule has 0 N–H and O–H groups in total. The summed E-state index contributed by atoms with van der Waals surface area (Å²) in [7, 11) is 1.42. The van der Waals surface area contributed by atoms with Crippen molar-refractivity contribution in [2.24, 2.45) is 23.2 Å². The van der Waals surface area contributed by atoms with E-state index in [0.29, 0.717) is 69.4 Å². The van der Waals surface area contributed by atoms with Crippen LogP contribution >= 0.6 is 15.9 Å². The molecule has 216 valence electrons. The number of halogens is 1. The first-order valence-corrected chi connectivity index (χ1v) is 15.8. The van der Waals surface area contributed by atoms with Crippen molar-refractivity contribution in [3.8, 4) is 5.75 Å². The van der Waals surface area contributed by atoms with Gasteiger partial charge in [0, 0.05) is 23.6 Å². The number of carbonyl (C=O) groups excluding carboxylic acids is 2. The Kier molecular flexibility index (Phi) is 9.36. The van der Waals surface area contributed by atoms with E-state index in [4.69, 9.17) is 23.7 Å². The van der Waals surface area contributed by atoms with Gasteiger partial charge in [-0.15, -0.1) is 0 Å². The van der Waals surface area contributed by atoms with E-state index in [0.717, 1.165) is 56.0 Å². The van der Waals surface area contributed by atoms with Crippen LogP contribution < -0.4 is 4.74 Å². The van der Waals surface area contributed by atoms with E-state index in [1.807, 2.05) is 6.07 Å². The molecule has 39 heavy (non-hydrogen) atoms. The van der Waals surface area contributed by atoms with Gasteiger partial charge in [0.15, 0.2) is 0 Å². The topological polar surface area (TPSA) is 80.3 Å². The Morgan fingerprint density at radius 1 is 1.08 bits per heavy atom. The maximum Gasteiger partial charge on any atom is 0.315 e. The average molecular weight is 608 g/mol. The Morgan fingerprint density at radius 2 is 1.90 bits per heavy atom. The molecule has 0 bridgehead atoms. The first-order valence-electron chi connectivity index (χ1n) is 14.7. The molecule has 6 atom stereocenters. The zero-order chi connectivity index (χ0) is 27.5. The number of benzene rings is 1. The van der Waals surface area contributed by atoms with Crippen LogP contribution in [0.4, 0.5) is 0 Å². The summed E-state index contributed by atoms with van der Waals surface area (Å²) in [6.07, 6.45) is 7.82. The van der Waals surface area contributed by atoms with Crippen molar-refractivity contribution in [1.82, 2.24) is 0 Å². The summed E-state index contributed by atoms with van der Waals surface area (Å²) < 4.78 is 29.4. The molecule has 0 amide bonds. The van der Waals surface area contributed by atoms with E-state index in [9.17, 15) is 9.59 Å². The minimum atomic E-state index is -1.13. The summed E-state index contributed by atoms with van der Waals surface area (Å²) in [5.41, 5.74) is 2.62. The molecule has 1 heterocycles. The first-order chi connectivity index (χ1) is 18.9. The maximum atomic E-state index is 12.8. The van der Waals surface area contributed by atoms with Gasteiger partial charge in [0.05, 0.1) is 40.1 Å². The van der Waals surface area contributed by atoms with Crippen LogP contribution in [0.15, 0.2) is 18.2 Å². The first kappa shape index (κ1) is 29.0. The Labute approximate surface area is 240 Å². The standard InChI is InChI=1S/C31H43BrO7/c1-30-12-11-24-23-8-6-22(20-21(23)5-7-25(24)26(30)9-10-28(30)33)39-31(13-16-36-18-19-37-17-14-32)27(29(34)35-2)4-3-15-38-31/h6,8,20,24-27H,3-5,7,9-19H2,1-2H3/t24-,25-,26+,27?,30+,31?/m1/s1. The fraction of sp³-hybridized carbons (Fsp3) is 0.742. The highest BCUT2D eigenvalue weighted by molar-refractivity contribution is 9.09. The lowest BCUT2D eigenvalue weighted by Crippen LogP contribution is -2.53. The van der Waals surface area contributed by atoms with Crippen LogP contribution in [0.5, 0.6) is 5.75 Å². The van der Waals surface area contributed by atoms with Crippen molar-refractivity contribution in [3.63, 3.8) is 0 Å². The fourth-order valence-electron chi connectivity index (χ4n) is 7.87. The number of ether oxygens (including phenoxy) is 5. The van der Waals surface area contributed by atoms with Gasteiger partial charge in [-0.3, -0.25) is 9.59 Å². The molecule has 0 radical (unpaired) electrons. The maximum absolute atomic E-state index is 12.8. The number of esters is 1. The molecular weight excluding hydrogens is 564 g/mol. The Balaban J connectivity index is 1.32. The van der Waals surface area contributed by atoms with Gasteiger partial charge in [-0.05, 0) is 86.0 Å². The number of alkyl halides is 1. The zero-order valence-electron chi connectivity index (χ0n) is 23.4. The lowest BCUT2D eigenvalue weighted by atomic mass is 9.55. The largest absolute Gasteiger partial charge is 0.469 e. The SMILES string of the molecule is COC(=O)C1CCCOC1(CCOCCOCCBr)Oc1ccc2c(c1)CC[C@@H]1[C@@H]2CC[C@]2(C)C(=O)CC[C@@H]12. The minimum absolute atomic E-state index is 0.114. The highest BCUT2D eigenvalue weighted by Crippen LogP contribution is 2.59. The van der Waals surface area contributed by atoms with E-state index >= 15 is 0 Å². The van der Waals surface area contributed by atoms with E-state index in [2.05, 4.69) is 35.0 Å². The normalized spacial score (nSPS) is 33.7. The summed E-state index contributed by atoms with van der Waals surface area (Å²) in [4.78, 5) is 25.5. The van der Waals surface area contributed by atoms with Crippen LogP contribution in [0.3, 0.4) is 0 Å². The predicted octanol–water partition coefficient (Wildman–Crippen LogP) is 5.60. The number of fused-ring (bicyclic) bond motifs is 5. The third-order valence-electron chi connectivity index (χ3n) is 9.89. The van der Waals surface area contributed by atoms with Crippen LogP contribution in [-0.4, -0.2) is 63.0 Å². The highest BCUT2D eigenvalue weighted by atomic mass is 79.9. The molecule has 7 nitrogen and oxygen atoms in total. The molecule has 1 aromatic carbocycles. The van der Waals surface area contributed by atoms with E-state index in [1.54, 1.807) is 0 Å². The van der Waals surface area contributed by atoms with Gasteiger partial charge in [-0.25, -0.2) is 0 Å². The molecule has 1 saturated heterocycles. The lowest BCUT2D eigenvalue weighted by Gasteiger charge is -2.48. The Bertz CT molecular complexity index is 1030. The van der Waals surface area contributed by atoms with Crippen LogP contribution in [0.25, 0.3) is 0 Å². The van der Waals surface area contributed by atoms with Crippen molar-refractivity contribution in [2.45, 2.75) is 76.4 Å². The van der Waals surface area contributed by atoms with Crippen molar-refractivity contribution in [3.05, 3.63) is 29.3 Å². The summed E-state index contributed by atoms with van der Waals surface area (Å²) in [6.45, 7) is 4.76. The number of methoxy groups -OCH3 is 1. The van der Waals surface area contributed by atoms with Crippen LogP contribution in [0.2, 0.25) is 0 Å². The molecule has 1 aromatic rings. The highest BCUT2D eigenvalue weighted by Gasteiger charge is 2.55. The van der Waals surface area contributed by atoms with Crippen molar-refractivity contribution in [2.75, 3.05) is 45.5 Å². The van der Waals surface area contributed by atoms with Gasteiger partial charge in [-0.2, -0.15) is 0 Å². The van der Waals surface area contributed by atoms with E-state index in [-0.39, 0.29) is 11.4 Å². The molecule has 2 unspecified atom stereocenters. The summed E-state index contributed by atoms with van der Waals surface area (Å²) in [5.74, 6) is 0.834. The molecule has 3 aliphatic carbocycles. The molecule has 0 aromatic heterocycles. The quantitative estimate of drug-likeness (QED) is 0.184. The second-order valence-electron chi connectivity index (χ2n) is 11.8. The van der Waals surface area contributed by atoms with Gasteiger partial charge in [0.2, 0.25) is 5.79 Å². The van der Waals surface area contributed by atoms with Gasteiger partial charge in [0.25, 0.3) is 0 Å². The predicted molar refractivity (Wildman–Crippen MR) is 150 cm³/mol. The number of carbonyl (C=O) groups is 2. The molecular formula is C31H43BrO7. The van der Waals surface area contributed by atoms with Gasteiger partial charge in [-0.1, -0.05) is 28.9 Å². The second kappa shape index (κ2) is 12.6. The molecule has 4 aliphatic rings. The monoisotopic (exact) mass is 606 g/mol. The molecule has 3 fully saturated rings. The third-order valence-corrected chi connectivity index (χ3v) is 10.2. The summed E-state index contributed by atoms with van der Waals surface area (Å²) >= 11 is 3.35. The van der Waals surface area contributed by atoms with Gasteiger partial charge >= 0.3 is 5.97 Å². The Morgan fingerprint density at radius 3 is 2.69 bits per heavy atom. The molecule has 5 rings (SSSR count). The van der Waals surface area contributed by atoms with Crippen molar-refractivity contribution >= 4 is 27.7 Å². The van der Waals surface area contributed by atoms with Crippen molar-refractivity contribution < 1.29 is 33.3 Å². The molecule has 8 heteroatoms. The van der Waals surface area contributed by atoms with Crippen LogP contribution in [0, 0.1) is 23.2 Å². The fourth-order valence-corrected chi connectivity index (χ4v) is 8.10. The van der Waals surface area contributed by atoms with Crippen LogP contribution in [0.1, 0.15) is 75.3 Å². The minimum Gasteiger partial charge on any atom is -0.469 e. The third kappa shape index (κ3) is 5.81. The summed E-state index contributed by atoms with van der Waals surface area (Å²) in [5, 5.41) is 0.792. The molecule has 0 spiro atoms. The second-order valence-corrected chi connectivity index (χ2v) is 12.6. The van der Waals surface area contributed by atoms with Crippen LogP contribution in [-0.2, 0) is 35.0 Å². The lowest BCUT2D eigenvalue weighted by molar-refractivity contribution is -0.249. The average Bonchev–Trinajstić information content (AvgIpc) is 3.26. The zero-order valence-corrected chi connectivity index (χ0v) is 25.0. The van der Waals surface area contributed by atoms with E-state index in [1.165, 1.54) is 18.2 Å². The van der Waals surface area contributed by atoms with Crippen molar-refractivity contribution in [1.29, 1.82) is 0 Å². The number of hydrogen-bond donors (Lipinski definition) is 0. The number of aryl methyl sites for hydroxylation is 1. The number of ketones is 1.